The van der Waals surface area contributed by atoms with Crippen LogP contribution in [-0.2, 0) is 0 Å². The van der Waals surface area contributed by atoms with Crippen molar-refractivity contribution in [2.45, 2.75) is 0 Å². The van der Waals surface area contributed by atoms with Crippen LogP contribution in [0, 0.1) is 14.9 Å². The summed E-state index contributed by atoms with van der Waals surface area (Å²) in [5, 5.41) is 20.4. The van der Waals surface area contributed by atoms with E-state index in [0.29, 0.717) is 10.6 Å². The molecule has 0 aliphatic carbocycles. The number of rotatable bonds is 2. The Hall–Kier alpha value is -1.91. The maximum atomic E-state index is 10.5. The summed E-state index contributed by atoms with van der Waals surface area (Å²) in [5.74, 6) is -0.0263. The highest BCUT2D eigenvalue weighted by atomic mass is 127. The largest absolute Gasteiger partial charge is 0.506 e. The number of benzene rings is 2. The van der Waals surface area contributed by atoms with Gasteiger partial charge in [0.25, 0.3) is 0 Å². The normalized spacial score (nSPS) is 12.0. The maximum Gasteiger partial charge on any atom is 0.144 e. The highest BCUT2D eigenvalue weighted by Gasteiger charge is 2.16. The molecule has 1 heterocycles. The molecule has 5 heteroatoms. The number of nitrogens with zero attached hydrogens (tertiary/aromatic N) is 2. The van der Waals surface area contributed by atoms with Crippen molar-refractivity contribution in [1.82, 2.24) is 4.98 Å². The van der Waals surface area contributed by atoms with Crippen molar-refractivity contribution in [3.8, 4) is 6.07 Å². The van der Waals surface area contributed by atoms with Crippen LogP contribution in [0.15, 0.2) is 48.5 Å². The zero-order valence-electron chi connectivity index (χ0n) is 10.7. The molecule has 0 aliphatic heterocycles. The number of nitriles is 1. The molecule has 0 bridgehead atoms. The third kappa shape index (κ3) is 2.64. The van der Waals surface area contributed by atoms with Crippen molar-refractivity contribution in [2.24, 2.45) is 0 Å². The van der Waals surface area contributed by atoms with Gasteiger partial charge in [0.05, 0.1) is 10.2 Å². The predicted molar refractivity (Wildman–Crippen MR) is 93.8 cm³/mol. The molecule has 0 aliphatic rings. The van der Waals surface area contributed by atoms with Gasteiger partial charge in [-0.05, 0) is 40.8 Å². The van der Waals surface area contributed by atoms with Crippen molar-refractivity contribution in [2.75, 3.05) is 0 Å². The smallest absolute Gasteiger partial charge is 0.144 e. The number of aromatic nitrogens is 1. The van der Waals surface area contributed by atoms with Crippen LogP contribution >= 0.6 is 33.9 Å². The molecule has 0 amide bonds. The van der Waals surface area contributed by atoms with Crippen LogP contribution < -0.4 is 0 Å². The lowest BCUT2D eigenvalue weighted by molar-refractivity contribution is 0.513. The summed E-state index contributed by atoms with van der Waals surface area (Å²) in [6.07, 6.45) is 0. The summed E-state index contributed by atoms with van der Waals surface area (Å²) in [6, 6.07) is 17.2. The van der Waals surface area contributed by atoms with E-state index in [-0.39, 0.29) is 11.3 Å². The molecule has 1 aromatic heterocycles. The number of fused-ring (bicyclic) bond motifs is 1. The number of para-hydroxylation sites is 1. The zero-order valence-corrected chi connectivity index (χ0v) is 13.7. The van der Waals surface area contributed by atoms with Gasteiger partial charge < -0.3 is 5.11 Å². The summed E-state index contributed by atoms with van der Waals surface area (Å²) in [6.45, 7) is 0. The van der Waals surface area contributed by atoms with E-state index in [1.54, 1.807) is 6.07 Å². The Labute approximate surface area is 139 Å². The third-order valence-corrected chi connectivity index (χ3v) is 4.98. The second-order valence-electron chi connectivity index (χ2n) is 4.30. The highest BCUT2D eigenvalue weighted by molar-refractivity contribution is 14.1. The topological polar surface area (TPSA) is 56.9 Å². The quantitative estimate of drug-likeness (QED) is 0.378. The minimum Gasteiger partial charge on any atom is -0.506 e. The van der Waals surface area contributed by atoms with Crippen LogP contribution in [0.4, 0.5) is 0 Å². The van der Waals surface area contributed by atoms with Crippen LogP contribution in [0.25, 0.3) is 21.5 Å². The fourth-order valence-electron chi connectivity index (χ4n) is 1.97. The van der Waals surface area contributed by atoms with Gasteiger partial charge in [-0.15, -0.1) is 11.3 Å². The van der Waals surface area contributed by atoms with Crippen LogP contribution in [0.5, 0.6) is 0 Å². The van der Waals surface area contributed by atoms with Gasteiger partial charge in [-0.3, -0.25) is 0 Å². The van der Waals surface area contributed by atoms with Crippen molar-refractivity contribution in [3.63, 3.8) is 0 Å². The fourth-order valence-corrected chi connectivity index (χ4v) is 3.57. The molecule has 3 nitrogen and oxygen atoms in total. The van der Waals surface area contributed by atoms with Gasteiger partial charge in [0.1, 0.15) is 22.4 Å². The first-order valence-corrected chi connectivity index (χ1v) is 8.04. The Bertz CT molecular complexity index is 859. The van der Waals surface area contributed by atoms with E-state index in [4.69, 9.17) is 0 Å². The van der Waals surface area contributed by atoms with E-state index in [2.05, 4.69) is 33.6 Å². The number of aliphatic hydroxyl groups excluding tert-OH is 1. The summed E-state index contributed by atoms with van der Waals surface area (Å²) in [7, 11) is 0. The van der Waals surface area contributed by atoms with Crippen molar-refractivity contribution in [1.29, 1.82) is 5.26 Å². The summed E-state index contributed by atoms with van der Waals surface area (Å²) < 4.78 is 1.89. The first-order chi connectivity index (χ1) is 10.2. The average Bonchev–Trinajstić information content (AvgIpc) is 2.91. The van der Waals surface area contributed by atoms with Gasteiger partial charge in [0.15, 0.2) is 0 Å². The summed E-state index contributed by atoms with van der Waals surface area (Å²) >= 11 is 3.54. The van der Waals surface area contributed by atoms with Crippen LogP contribution in [0.3, 0.4) is 0 Å². The molecule has 0 atom stereocenters. The number of hydrogen-bond acceptors (Lipinski definition) is 4. The van der Waals surface area contributed by atoms with Gasteiger partial charge in [0, 0.05) is 9.13 Å². The molecule has 0 saturated heterocycles. The minimum absolute atomic E-state index is 0.0263. The maximum absolute atomic E-state index is 10.5. The monoisotopic (exact) mass is 404 g/mol. The Morgan fingerprint density at radius 2 is 1.86 bits per heavy atom. The number of halogens is 1. The second-order valence-corrected chi connectivity index (χ2v) is 6.49. The fraction of sp³-hybridized carbons (Fsp3) is 0. The molecule has 3 rings (SSSR count). The second kappa shape index (κ2) is 5.84. The van der Waals surface area contributed by atoms with Gasteiger partial charge in [0.2, 0.25) is 0 Å². The molecule has 102 valence electrons. The molecular formula is C16H9IN2OS. The Morgan fingerprint density at radius 3 is 2.57 bits per heavy atom. The number of allylic oxidation sites excluding steroid dienone is 1. The average molecular weight is 404 g/mol. The van der Waals surface area contributed by atoms with E-state index >= 15 is 0 Å². The van der Waals surface area contributed by atoms with Gasteiger partial charge in [-0.2, -0.15) is 5.26 Å². The Morgan fingerprint density at radius 1 is 1.14 bits per heavy atom. The third-order valence-electron chi connectivity index (χ3n) is 2.99. The predicted octanol–water partition coefficient (Wildman–Crippen LogP) is 4.85. The number of aliphatic hydroxyl groups is 1. The molecular weight excluding hydrogens is 395 g/mol. The van der Waals surface area contributed by atoms with E-state index in [1.807, 2.05) is 42.5 Å². The first kappa shape index (κ1) is 14.0. The van der Waals surface area contributed by atoms with Crippen LogP contribution in [-0.4, -0.2) is 10.1 Å². The minimum atomic E-state index is -0.0263. The number of hydrogen-bond donors (Lipinski definition) is 1. The van der Waals surface area contributed by atoms with Crippen molar-refractivity contribution >= 4 is 55.5 Å². The van der Waals surface area contributed by atoms with Crippen LogP contribution in [0.1, 0.15) is 10.6 Å². The Balaban J connectivity index is 2.19. The first-order valence-electron chi connectivity index (χ1n) is 6.15. The zero-order chi connectivity index (χ0) is 14.8. The molecule has 2 aromatic carbocycles. The van der Waals surface area contributed by atoms with E-state index < -0.39 is 0 Å². The lowest BCUT2D eigenvalue weighted by atomic mass is 10.1. The lowest BCUT2D eigenvalue weighted by Gasteiger charge is -2.04. The molecule has 0 saturated carbocycles. The number of thiazole rings is 1. The molecule has 1 N–H and O–H groups in total. The molecule has 0 unspecified atom stereocenters. The summed E-state index contributed by atoms with van der Waals surface area (Å²) in [4.78, 5) is 4.44. The SMILES string of the molecule is N#C/C(=C(/O)c1ccccc1I)c1nc2ccccc2s1. The highest BCUT2D eigenvalue weighted by Crippen LogP contribution is 2.31. The summed E-state index contributed by atoms with van der Waals surface area (Å²) in [5.41, 5.74) is 1.69. The van der Waals surface area contributed by atoms with E-state index in [1.165, 1.54) is 11.3 Å². The van der Waals surface area contributed by atoms with Crippen LogP contribution in [0.2, 0.25) is 0 Å². The molecule has 0 fully saturated rings. The van der Waals surface area contributed by atoms with Gasteiger partial charge in [-0.25, -0.2) is 4.98 Å². The molecule has 3 aromatic rings. The van der Waals surface area contributed by atoms with Gasteiger partial charge in [-0.1, -0.05) is 30.3 Å². The van der Waals surface area contributed by atoms with Crippen molar-refractivity contribution < 1.29 is 5.11 Å². The van der Waals surface area contributed by atoms with Gasteiger partial charge >= 0.3 is 0 Å². The molecule has 0 spiro atoms. The lowest BCUT2D eigenvalue weighted by Crippen LogP contribution is -1.92. The van der Waals surface area contributed by atoms with Crippen molar-refractivity contribution in [3.05, 3.63) is 62.7 Å². The van der Waals surface area contributed by atoms with E-state index in [0.717, 1.165) is 13.8 Å². The van der Waals surface area contributed by atoms with E-state index in [9.17, 15) is 10.4 Å². The molecule has 0 radical (unpaired) electrons. The Kier molecular flexibility index (Phi) is 3.90. The standard InChI is InChI=1S/C16H9IN2OS/c17-12-6-2-1-5-10(12)15(20)11(9-18)16-19-13-7-3-4-8-14(13)21-16/h1-8,20H/b15-11-. The molecule has 21 heavy (non-hydrogen) atoms.